The van der Waals surface area contributed by atoms with E-state index in [-0.39, 0.29) is 16.5 Å². The molecule has 7 nitrogen and oxygen atoms in total. The summed E-state index contributed by atoms with van der Waals surface area (Å²) in [6.07, 6.45) is -0.978. The number of hydrogen-bond acceptors (Lipinski definition) is 5. The summed E-state index contributed by atoms with van der Waals surface area (Å²) in [6.45, 7) is -0.0311. The van der Waals surface area contributed by atoms with E-state index in [1.807, 2.05) is 4.83 Å². The molecule has 2 aromatic rings. The van der Waals surface area contributed by atoms with Crippen LogP contribution >= 0.6 is 11.6 Å². The molecule has 0 unspecified atom stereocenters. The molecule has 0 saturated heterocycles. The van der Waals surface area contributed by atoms with Crippen molar-refractivity contribution in [2.75, 3.05) is 6.61 Å². The number of rotatable bonds is 4. The largest absolute Gasteiger partial charge is 0.485 e. The molecule has 9 heteroatoms. The van der Waals surface area contributed by atoms with Crippen molar-refractivity contribution in [1.29, 1.82) is 0 Å². The van der Waals surface area contributed by atoms with Gasteiger partial charge in [-0.3, -0.25) is 10.2 Å². The van der Waals surface area contributed by atoms with Crippen molar-refractivity contribution < 1.29 is 22.7 Å². The van der Waals surface area contributed by atoms with Gasteiger partial charge in [0.2, 0.25) is 6.10 Å². The minimum Gasteiger partial charge on any atom is -0.485 e. The highest BCUT2D eigenvalue weighted by molar-refractivity contribution is 7.89. The zero-order valence-corrected chi connectivity index (χ0v) is 13.8. The van der Waals surface area contributed by atoms with E-state index in [9.17, 15) is 13.2 Å². The van der Waals surface area contributed by atoms with E-state index < -0.39 is 22.0 Å². The standard InChI is InChI=1S/C15H13ClN2O5S/c16-10-5-1-4-8-14(10)24(20,21)18-17-15(19)13-9-22-11-6-2-3-7-12(11)23-13/h1-8,13,18H,9H2,(H,17,19)/t13-/m1/s1. The van der Waals surface area contributed by atoms with Crippen molar-refractivity contribution in [2.24, 2.45) is 0 Å². The highest BCUT2D eigenvalue weighted by Crippen LogP contribution is 2.30. The molecule has 1 amide bonds. The average molecular weight is 369 g/mol. The maximum absolute atomic E-state index is 12.2. The predicted octanol–water partition coefficient (Wildman–Crippen LogP) is 1.49. The van der Waals surface area contributed by atoms with Crippen LogP contribution in [0.15, 0.2) is 53.4 Å². The van der Waals surface area contributed by atoms with Crippen LogP contribution in [0.5, 0.6) is 11.5 Å². The molecule has 1 aliphatic rings. The maximum Gasteiger partial charge on any atom is 0.279 e. The third-order valence-electron chi connectivity index (χ3n) is 3.24. The summed E-state index contributed by atoms with van der Waals surface area (Å²) in [5, 5.41) is 0.0467. The van der Waals surface area contributed by atoms with Crippen LogP contribution in [-0.4, -0.2) is 27.0 Å². The first-order valence-corrected chi connectivity index (χ1v) is 8.78. The number of fused-ring (bicyclic) bond motifs is 1. The van der Waals surface area contributed by atoms with Gasteiger partial charge in [-0.05, 0) is 24.3 Å². The Bertz CT molecular complexity index is 872. The van der Waals surface area contributed by atoms with E-state index in [1.54, 1.807) is 30.3 Å². The van der Waals surface area contributed by atoms with Gasteiger partial charge in [0.15, 0.2) is 11.5 Å². The van der Waals surface area contributed by atoms with Crippen molar-refractivity contribution >= 4 is 27.5 Å². The minimum atomic E-state index is -4.00. The molecule has 0 saturated carbocycles. The summed E-state index contributed by atoms with van der Waals surface area (Å²) in [6, 6.07) is 12.8. The van der Waals surface area contributed by atoms with Crippen LogP contribution in [0.2, 0.25) is 5.02 Å². The van der Waals surface area contributed by atoms with E-state index in [0.29, 0.717) is 11.5 Å². The molecule has 0 radical (unpaired) electrons. The number of halogens is 1. The van der Waals surface area contributed by atoms with Gasteiger partial charge >= 0.3 is 0 Å². The second-order valence-corrected chi connectivity index (χ2v) is 6.95. The summed E-state index contributed by atoms with van der Waals surface area (Å²) < 4.78 is 35.2. The third kappa shape index (κ3) is 3.45. The molecule has 0 fully saturated rings. The van der Waals surface area contributed by atoms with Crippen molar-refractivity contribution in [1.82, 2.24) is 10.3 Å². The molecule has 1 aliphatic heterocycles. The highest BCUT2D eigenvalue weighted by Gasteiger charge is 2.28. The lowest BCUT2D eigenvalue weighted by atomic mass is 10.2. The fourth-order valence-electron chi connectivity index (χ4n) is 2.06. The number of para-hydroxylation sites is 2. The summed E-state index contributed by atoms with van der Waals surface area (Å²) >= 11 is 5.85. The Kier molecular flexibility index (Phi) is 4.61. The predicted molar refractivity (Wildman–Crippen MR) is 86.3 cm³/mol. The van der Waals surface area contributed by atoms with Crippen molar-refractivity contribution in [3.05, 3.63) is 53.6 Å². The second-order valence-electron chi connectivity index (χ2n) is 4.89. The molecule has 0 aliphatic carbocycles. The Balaban J connectivity index is 1.65. The van der Waals surface area contributed by atoms with Gasteiger partial charge < -0.3 is 9.47 Å². The van der Waals surface area contributed by atoms with E-state index in [2.05, 4.69) is 5.43 Å². The topological polar surface area (TPSA) is 93.7 Å². The zero-order valence-electron chi connectivity index (χ0n) is 12.2. The SMILES string of the molecule is O=C(NNS(=O)(=O)c1ccccc1Cl)[C@H]1COc2ccccc2O1. The molecule has 126 valence electrons. The van der Waals surface area contributed by atoms with Crippen LogP contribution in [0, 0.1) is 0 Å². The number of amides is 1. The van der Waals surface area contributed by atoms with E-state index in [4.69, 9.17) is 21.1 Å². The number of hydrogen-bond donors (Lipinski definition) is 2. The molecular weight excluding hydrogens is 356 g/mol. The second kappa shape index (κ2) is 6.68. The van der Waals surface area contributed by atoms with Gasteiger partial charge in [0.1, 0.15) is 11.5 Å². The molecule has 24 heavy (non-hydrogen) atoms. The first kappa shape index (κ1) is 16.6. The van der Waals surface area contributed by atoms with Crippen LogP contribution < -0.4 is 19.7 Å². The number of carbonyl (C=O) groups is 1. The lowest BCUT2D eigenvalue weighted by Gasteiger charge is -2.25. The molecule has 3 rings (SSSR count). The molecule has 0 spiro atoms. The minimum absolute atomic E-state index is 0.0311. The van der Waals surface area contributed by atoms with E-state index in [1.165, 1.54) is 18.2 Å². The number of nitrogens with one attached hydrogen (secondary N) is 2. The smallest absolute Gasteiger partial charge is 0.279 e. The van der Waals surface area contributed by atoms with Crippen LogP contribution in [0.4, 0.5) is 0 Å². The Hall–Kier alpha value is -2.29. The third-order valence-corrected chi connectivity index (χ3v) is 4.98. The number of carbonyl (C=O) groups excluding carboxylic acids is 1. The fourth-order valence-corrected chi connectivity index (χ4v) is 3.43. The summed E-state index contributed by atoms with van der Waals surface area (Å²) in [5.74, 6) is 0.260. The van der Waals surface area contributed by atoms with Gasteiger partial charge in [0, 0.05) is 0 Å². The van der Waals surface area contributed by atoms with Gasteiger partial charge in [-0.1, -0.05) is 35.9 Å². The Morgan fingerprint density at radius 1 is 1.08 bits per heavy atom. The summed E-state index contributed by atoms with van der Waals surface area (Å²) in [5.41, 5.74) is 2.11. The fraction of sp³-hybridized carbons (Fsp3) is 0.133. The highest BCUT2D eigenvalue weighted by atomic mass is 35.5. The number of benzene rings is 2. The summed E-state index contributed by atoms with van der Waals surface area (Å²) in [7, 11) is -4.00. The van der Waals surface area contributed by atoms with Gasteiger partial charge in [-0.15, -0.1) is 4.83 Å². The van der Waals surface area contributed by atoms with Gasteiger partial charge in [-0.2, -0.15) is 0 Å². The maximum atomic E-state index is 12.2. The normalized spacial score (nSPS) is 16.5. The number of ether oxygens (including phenoxy) is 2. The Labute approximate surface area is 143 Å². The van der Waals surface area contributed by atoms with Crippen LogP contribution in [0.1, 0.15) is 0 Å². The molecule has 1 atom stereocenters. The molecule has 2 N–H and O–H groups in total. The lowest BCUT2D eigenvalue weighted by Crippen LogP contribution is -2.50. The van der Waals surface area contributed by atoms with Gasteiger partial charge in [0.25, 0.3) is 15.9 Å². The van der Waals surface area contributed by atoms with Crippen LogP contribution in [0.3, 0.4) is 0 Å². The molecule has 1 heterocycles. The molecule has 0 aromatic heterocycles. The van der Waals surface area contributed by atoms with Crippen molar-refractivity contribution in [2.45, 2.75) is 11.0 Å². The summed E-state index contributed by atoms with van der Waals surface area (Å²) in [4.78, 5) is 13.9. The van der Waals surface area contributed by atoms with Crippen molar-refractivity contribution in [3.63, 3.8) is 0 Å². The van der Waals surface area contributed by atoms with Crippen LogP contribution in [-0.2, 0) is 14.8 Å². The van der Waals surface area contributed by atoms with Crippen LogP contribution in [0.25, 0.3) is 0 Å². The van der Waals surface area contributed by atoms with Gasteiger partial charge in [-0.25, -0.2) is 8.42 Å². The van der Waals surface area contributed by atoms with E-state index in [0.717, 1.165) is 0 Å². The molecular formula is C15H13ClN2O5S. The molecule has 2 aromatic carbocycles. The monoisotopic (exact) mass is 368 g/mol. The first-order valence-electron chi connectivity index (χ1n) is 6.92. The zero-order chi connectivity index (χ0) is 17.2. The lowest BCUT2D eigenvalue weighted by molar-refractivity contribution is -0.130. The average Bonchev–Trinajstić information content (AvgIpc) is 2.59. The molecule has 0 bridgehead atoms. The number of hydrazine groups is 1. The van der Waals surface area contributed by atoms with E-state index >= 15 is 0 Å². The quantitative estimate of drug-likeness (QED) is 0.797. The van der Waals surface area contributed by atoms with Crippen molar-refractivity contribution in [3.8, 4) is 11.5 Å². The first-order chi connectivity index (χ1) is 11.5. The Morgan fingerprint density at radius 3 is 2.50 bits per heavy atom. The van der Waals surface area contributed by atoms with Gasteiger partial charge in [0.05, 0.1) is 5.02 Å². The Morgan fingerprint density at radius 2 is 1.75 bits per heavy atom. The number of sulfonamides is 1.